The molecule has 1 N–H and O–H groups in total. The zero-order valence-electron chi connectivity index (χ0n) is 9.28. The van der Waals surface area contributed by atoms with Gasteiger partial charge in [0.15, 0.2) is 0 Å². The number of carbonyl (C=O) groups excluding carboxylic acids is 1. The molecule has 0 spiro atoms. The van der Waals surface area contributed by atoms with Crippen molar-refractivity contribution >= 4 is 11.8 Å². The summed E-state index contributed by atoms with van der Waals surface area (Å²) in [7, 11) is 0. The van der Waals surface area contributed by atoms with E-state index in [2.05, 4.69) is 5.32 Å². The van der Waals surface area contributed by atoms with Gasteiger partial charge in [0.05, 0.1) is 6.26 Å². The lowest BCUT2D eigenvalue weighted by atomic mass is 10.1. The van der Waals surface area contributed by atoms with Crippen LogP contribution in [0.5, 0.6) is 0 Å². The van der Waals surface area contributed by atoms with Crippen LogP contribution < -0.4 is 5.32 Å². The molecule has 0 saturated carbocycles. The molecule has 2 rings (SSSR count). The van der Waals surface area contributed by atoms with Gasteiger partial charge in [-0.2, -0.15) is 0 Å². The first-order chi connectivity index (χ1) is 7.66. The second-order valence-corrected chi connectivity index (χ2v) is 3.76. The molecular formula is C13H13NO2. The third kappa shape index (κ3) is 2.14. The zero-order chi connectivity index (χ0) is 11.5. The number of benzene rings is 1. The highest BCUT2D eigenvalue weighted by molar-refractivity contribution is 6.03. The molecule has 0 saturated heterocycles. The maximum Gasteiger partial charge on any atom is 0.257 e. The van der Waals surface area contributed by atoms with Crippen LogP contribution in [0.2, 0.25) is 0 Å². The minimum absolute atomic E-state index is 0.151. The van der Waals surface area contributed by atoms with Crippen molar-refractivity contribution in [2.75, 3.05) is 5.32 Å². The Hall–Kier alpha value is -2.03. The number of nitrogens with one attached hydrogen (secondary N) is 1. The molecule has 0 aliphatic heterocycles. The van der Waals surface area contributed by atoms with Crippen LogP contribution in [0.1, 0.15) is 21.5 Å². The van der Waals surface area contributed by atoms with Crippen molar-refractivity contribution in [1.29, 1.82) is 0 Å². The fraction of sp³-hybridized carbons (Fsp3) is 0.154. The molecule has 1 amide bonds. The average Bonchev–Trinajstić information content (AvgIpc) is 2.64. The predicted octanol–water partition coefficient (Wildman–Crippen LogP) is 3.15. The number of amides is 1. The Morgan fingerprint density at radius 1 is 1.25 bits per heavy atom. The fourth-order valence-corrected chi connectivity index (χ4v) is 1.46. The molecule has 82 valence electrons. The third-order valence-electron chi connectivity index (χ3n) is 2.37. The van der Waals surface area contributed by atoms with Gasteiger partial charge < -0.3 is 4.42 Å². The van der Waals surface area contributed by atoms with Gasteiger partial charge in [-0.15, -0.1) is 0 Å². The average molecular weight is 215 g/mol. The summed E-state index contributed by atoms with van der Waals surface area (Å²) in [4.78, 5) is 11.8. The van der Waals surface area contributed by atoms with Crippen LogP contribution in [0.3, 0.4) is 0 Å². The van der Waals surface area contributed by atoms with E-state index in [-0.39, 0.29) is 5.91 Å². The molecule has 2 aromatic rings. The molecule has 0 aliphatic rings. The number of aryl methyl sites for hydroxylation is 2. The van der Waals surface area contributed by atoms with Gasteiger partial charge in [0.25, 0.3) is 5.91 Å². The van der Waals surface area contributed by atoms with E-state index in [1.807, 2.05) is 38.1 Å². The Morgan fingerprint density at radius 3 is 2.69 bits per heavy atom. The lowest BCUT2D eigenvalue weighted by Gasteiger charge is -2.03. The highest BCUT2D eigenvalue weighted by Gasteiger charge is 2.09. The Bertz CT molecular complexity index is 514. The first-order valence-electron chi connectivity index (χ1n) is 5.09. The lowest BCUT2D eigenvalue weighted by Crippen LogP contribution is -2.11. The van der Waals surface area contributed by atoms with E-state index in [0.717, 1.165) is 11.1 Å². The standard InChI is InChI=1S/C13H13NO2/c1-9-4-3-5-11(8-9)12(15)14-13-10(2)6-7-16-13/h3-8H,1-2H3,(H,14,15). The van der Waals surface area contributed by atoms with Crippen molar-refractivity contribution in [3.63, 3.8) is 0 Å². The van der Waals surface area contributed by atoms with E-state index >= 15 is 0 Å². The van der Waals surface area contributed by atoms with Gasteiger partial charge in [-0.3, -0.25) is 10.1 Å². The second kappa shape index (κ2) is 4.23. The number of rotatable bonds is 2. The molecular weight excluding hydrogens is 202 g/mol. The normalized spacial score (nSPS) is 10.1. The maximum atomic E-state index is 11.8. The third-order valence-corrected chi connectivity index (χ3v) is 2.37. The van der Waals surface area contributed by atoms with Crippen molar-refractivity contribution in [1.82, 2.24) is 0 Å². The molecule has 0 atom stereocenters. The van der Waals surface area contributed by atoms with Gasteiger partial charge >= 0.3 is 0 Å². The summed E-state index contributed by atoms with van der Waals surface area (Å²) in [6.07, 6.45) is 1.56. The van der Waals surface area contributed by atoms with Crippen LogP contribution in [0.25, 0.3) is 0 Å². The Balaban J connectivity index is 2.18. The van der Waals surface area contributed by atoms with Gasteiger partial charge in [-0.25, -0.2) is 0 Å². The summed E-state index contributed by atoms with van der Waals surface area (Å²) >= 11 is 0. The molecule has 0 radical (unpaired) electrons. The summed E-state index contributed by atoms with van der Waals surface area (Å²) < 4.78 is 5.15. The van der Waals surface area contributed by atoms with E-state index in [0.29, 0.717) is 11.4 Å². The Labute approximate surface area is 94.1 Å². The summed E-state index contributed by atoms with van der Waals surface area (Å²) in [5.41, 5.74) is 2.61. The Morgan fingerprint density at radius 2 is 2.06 bits per heavy atom. The number of carbonyl (C=O) groups is 1. The molecule has 0 aliphatic carbocycles. The summed E-state index contributed by atoms with van der Waals surface area (Å²) in [5, 5.41) is 2.73. The molecule has 3 heteroatoms. The lowest BCUT2D eigenvalue weighted by molar-refractivity contribution is 0.102. The van der Waals surface area contributed by atoms with E-state index in [9.17, 15) is 4.79 Å². The molecule has 0 unspecified atom stereocenters. The molecule has 1 heterocycles. The Kier molecular flexibility index (Phi) is 2.77. The van der Waals surface area contributed by atoms with Gasteiger partial charge in [0, 0.05) is 11.1 Å². The topological polar surface area (TPSA) is 42.2 Å². The highest BCUT2D eigenvalue weighted by Crippen LogP contribution is 2.16. The first-order valence-corrected chi connectivity index (χ1v) is 5.09. The van der Waals surface area contributed by atoms with Crippen molar-refractivity contribution in [2.24, 2.45) is 0 Å². The van der Waals surface area contributed by atoms with Crippen LogP contribution in [0.4, 0.5) is 5.88 Å². The SMILES string of the molecule is Cc1cccc(C(=O)Nc2occc2C)c1. The van der Waals surface area contributed by atoms with E-state index in [4.69, 9.17) is 4.42 Å². The van der Waals surface area contributed by atoms with Gasteiger partial charge in [-0.05, 0) is 32.0 Å². The molecule has 1 aromatic heterocycles. The van der Waals surface area contributed by atoms with Crippen LogP contribution in [0, 0.1) is 13.8 Å². The van der Waals surface area contributed by atoms with Crippen molar-refractivity contribution in [3.05, 3.63) is 53.3 Å². The first kappa shape index (κ1) is 10.5. The minimum atomic E-state index is -0.151. The van der Waals surface area contributed by atoms with Crippen LogP contribution in [-0.4, -0.2) is 5.91 Å². The monoisotopic (exact) mass is 215 g/mol. The minimum Gasteiger partial charge on any atom is -0.448 e. The van der Waals surface area contributed by atoms with Crippen LogP contribution >= 0.6 is 0 Å². The van der Waals surface area contributed by atoms with Crippen molar-refractivity contribution in [3.8, 4) is 0 Å². The van der Waals surface area contributed by atoms with Gasteiger partial charge in [0.1, 0.15) is 0 Å². The van der Waals surface area contributed by atoms with Gasteiger partial charge in [-0.1, -0.05) is 17.7 Å². The van der Waals surface area contributed by atoms with Gasteiger partial charge in [0.2, 0.25) is 5.88 Å². The molecule has 1 aromatic carbocycles. The molecule has 0 fully saturated rings. The van der Waals surface area contributed by atoms with Crippen molar-refractivity contribution < 1.29 is 9.21 Å². The quantitative estimate of drug-likeness (QED) is 0.836. The van der Waals surface area contributed by atoms with Crippen LogP contribution in [0.15, 0.2) is 41.0 Å². The molecule has 3 nitrogen and oxygen atoms in total. The maximum absolute atomic E-state index is 11.8. The van der Waals surface area contributed by atoms with E-state index < -0.39 is 0 Å². The number of hydrogen-bond donors (Lipinski definition) is 1. The molecule has 16 heavy (non-hydrogen) atoms. The smallest absolute Gasteiger partial charge is 0.257 e. The van der Waals surface area contributed by atoms with Crippen molar-refractivity contribution in [2.45, 2.75) is 13.8 Å². The van der Waals surface area contributed by atoms with E-state index in [1.165, 1.54) is 0 Å². The number of anilines is 1. The molecule has 0 bridgehead atoms. The highest BCUT2D eigenvalue weighted by atomic mass is 16.3. The summed E-state index contributed by atoms with van der Waals surface area (Å²) in [6, 6.07) is 9.24. The fourth-order valence-electron chi connectivity index (χ4n) is 1.46. The predicted molar refractivity (Wildman–Crippen MR) is 62.6 cm³/mol. The summed E-state index contributed by atoms with van der Waals surface area (Å²) in [5.74, 6) is 0.355. The number of furan rings is 1. The zero-order valence-corrected chi connectivity index (χ0v) is 9.28. The van der Waals surface area contributed by atoms with Crippen LogP contribution in [-0.2, 0) is 0 Å². The largest absolute Gasteiger partial charge is 0.448 e. The van der Waals surface area contributed by atoms with E-state index in [1.54, 1.807) is 12.3 Å². The number of hydrogen-bond acceptors (Lipinski definition) is 2. The summed E-state index contributed by atoms with van der Waals surface area (Å²) in [6.45, 7) is 3.84. The second-order valence-electron chi connectivity index (χ2n) is 3.76.